The molecule has 1 atom stereocenters. The maximum Gasteiger partial charge on any atom is 0.191 e. The zero-order chi connectivity index (χ0) is 9.97. The molecule has 0 aromatic heterocycles. The molecule has 74 valence electrons. The van der Waals surface area contributed by atoms with Crippen molar-refractivity contribution in [3.63, 3.8) is 0 Å². The van der Waals surface area contributed by atoms with Gasteiger partial charge in [0.25, 0.3) is 0 Å². The van der Waals surface area contributed by atoms with Crippen LogP contribution in [0.4, 0.5) is 0 Å². The van der Waals surface area contributed by atoms with Gasteiger partial charge in [0.05, 0.1) is 0 Å². The van der Waals surface area contributed by atoms with Crippen molar-refractivity contribution in [1.29, 1.82) is 0 Å². The summed E-state index contributed by atoms with van der Waals surface area (Å²) in [6.07, 6.45) is 1.67. The molecule has 2 heteroatoms. The van der Waals surface area contributed by atoms with Gasteiger partial charge in [-0.2, -0.15) is 0 Å². The standard InChI is InChI=1S/C12H14O2/c1-9-5-2-3-6-10(9)12(13)11-7-4-8-14-11/h2-3,5-6,11H,4,7-8H2,1H3. The molecule has 0 amide bonds. The van der Waals surface area contributed by atoms with Crippen LogP contribution in [0.2, 0.25) is 0 Å². The molecule has 0 radical (unpaired) electrons. The molecule has 14 heavy (non-hydrogen) atoms. The van der Waals surface area contributed by atoms with Crippen LogP contribution in [0, 0.1) is 6.92 Å². The molecular weight excluding hydrogens is 176 g/mol. The fraction of sp³-hybridized carbons (Fsp3) is 0.417. The van der Waals surface area contributed by atoms with Gasteiger partial charge >= 0.3 is 0 Å². The number of hydrogen-bond donors (Lipinski definition) is 0. The van der Waals surface area contributed by atoms with Crippen LogP contribution in [-0.2, 0) is 4.74 Å². The van der Waals surface area contributed by atoms with E-state index in [1.54, 1.807) is 0 Å². The maximum absolute atomic E-state index is 11.9. The quantitative estimate of drug-likeness (QED) is 0.669. The number of Topliss-reactive ketones (excluding diaryl/α,β-unsaturated/α-hetero) is 1. The zero-order valence-corrected chi connectivity index (χ0v) is 8.32. The van der Waals surface area contributed by atoms with Gasteiger partial charge in [0.15, 0.2) is 5.78 Å². The molecule has 0 aliphatic carbocycles. The molecule has 1 fully saturated rings. The predicted octanol–water partition coefficient (Wildman–Crippen LogP) is 2.36. The van der Waals surface area contributed by atoms with Crippen molar-refractivity contribution >= 4 is 5.78 Å². The lowest BCUT2D eigenvalue weighted by Crippen LogP contribution is -2.20. The lowest BCUT2D eigenvalue weighted by molar-refractivity contribution is 0.0642. The van der Waals surface area contributed by atoms with Gasteiger partial charge in [-0.05, 0) is 25.3 Å². The zero-order valence-electron chi connectivity index (χ0n) is 8.32. The van der Waals surface area contributed by atoms with Crippen molar-refractivity contribution in [2.75, 3.05) is 6.61 Å². The Balaban J connectivity index is 2.22. The molecule has 1 aromatic rings. The number of carbonyl (C=O) groups excluding carboxylic acids is 1. The van der Waals surface area contributed by atoms with Crippen molar-refractivity contribution in [2.45, 2.75) is 25.9 Å². The summed E-state index contributed by atoms with van der Waals surface area (Å²) in [5.41, 5.74) is 1.84. The fourth-order valence-electron chi connectivity index (χ4n) is 1.81. The van der Waals surface area contributed by atoms with Gasteiger partial charge in [-0.3, -0.25) is 4.79 Å². The monoisotopic (exact) mass is 190 g/mol. The molecule has 1 unspecified atom stereocenters. The first kappa shape index (κ1) is 9.41. The first-order valence-electron chi connectivity index (χ1n) is 5.00. The van der Waals surface area contributed by atoms with E-state index in [2.05, 4.69) is 0 Å². The molecule has 1 aromatic carbocycles. The van der Waals surface area contributed by atoms with Crippen LogP contribution in [-0.4, -0.2) is 18.5 Å². The van der Waals surface area contributed by atoms with E-state index in [4.69, 9.17) is 4.74 Å². The Labute approximate surface area is 83.9 Å². The van der Waals surface area contributed by atoms with E-state index in [-0.39, 0.29) is 11.9 Å². The highest BCUT2D eigenvalue weighted by molar-refractivity contribution is 6.00. The SMILES string of the molecule is Cc1ccccc1C(=O)C1CCCO1. The second kappa shape index (κ2) is 3.93. The van der Waals surface area contributed by atoms with E-state index in [0.29, 0.717) is 0 Å². The minimum atomic E-state index is -0.198. The Kier molecular flexibility index (Phi) is 2.64. The van der Waals surface area contributed by atoms with Crippen LogP contribution < -0.4 is 0 Å². The third-order valence-corrected chi connectivity index (χ3v) is 2.63. The first-order chi connectivity index (χ1) is 6.79. The van der Waals surface area contributed by atoms with E-state index in [0.717, 1.165) is 30.6 Å². The molecule has 1 aliphatic rings. The smallest absolute Gasteiger partial charge is 0.191 e. The van der Waals surface area contributed by atoms with Gasteiger partial charge < -0.3 is 4.74 Å². The third kappa shape index (κ3) is 1.70. The number of aryl methyl sites for hydroxylation is 1. The molecule has 0 spiro atoms. The van der Waals surface area contributed by atoms with Crippen LogP contribution in [0.5, 0.6) is 0 Å². The second-order valence-electron chi connectivity index (χ2n) is 3.68. The van der Waals surface area contributed by atoms with E-state index < -0.39 is 0 Å². The summed E-state index contributed by atoms with van der Waals surface area (Å²) in [7, 11) is 0. The molecule has 0 saturated carbocycles. The third-order valence-electron chi connectivity index (χ3n) is 2.63. The van der Waals surface area contributed by atoms with E-state index in [1.807, 2.05) is 31.2 Å². The molecule has 1 heterocycles. The Hall–Kier alpha value is -1.15. The van der Waals surface area contributed by atoms with Crippen molar-refractivity contribution in [3.05, 3.63) is 35.4 Å². The Morgan fingerprint density at radius 3 is 2.86 bits per heavy atom. The Morgan fingerprint density at radius 1 is 1.43 bits per heavy atom. The molecule has 2 rings (SSSR count). The lowest BCUT2D eigenvalue weighted by atomic mass is 10.00. The fourth-order valence-corrected chi connectivity index (χ4v) is 1.81. The number of benzene rings is 1. The van der Waals surface area contributed by atoms with E-state index >= 15 is 0 Å². The second-order valence-corrected chi connectivity index (χ2v) is 3.68. The molecule has 0 N–H and O–H groups in total. The average Bonchev–Trinajstić information content (AvgIpc) is 2.70. The molecule has 1 saturated heterocycles. The normalized spacial score (nSPS) is 21.1. The van der Waals surface area contributed by atoms with Gasteiger partial charge in [0.2, 0.25) is 0 Å². The van der Waals surface area contributed by atoms with Gasteiger partial charge in [-0.25, -0.2) is 0 Å². The van der Waals surface area contributed by atoms with Gasteiger partial charge in [0, 0.05) is 12.2 Å². The van der Waals surface area contributed by atoms with Gasteiger partial charge in [-0.15, -0.1) is 0 Å². The predicted molar refractivity (Wildman–Crippen MR) is 54.5 cm³/mol. The topological polar surface area (TPSA) is 26.3 Å². The molecule has 0 bridgehead atoms. The molecule has 2 nitrogen and oxygen atoms in total. The highest BCUT2D eigenvalue weighted by Crippen LogP contribution is 2.19. The van der Waals surface area contributed by atoms with Crippen molar-refractivity contribution in [1.82, 2.24) is 0 Å². The summed E-state index contributed by atoms with van der Waals surface area (Å²) in [6.45, 7) is 2.68. The van der Waals surface area contributed by atoms with Crippen molar-refractivity contribution < 1.29 is 9.53 Å². The van der Waals surface area contributed by atoms with Crippen molar-refractivity contribution in [3.8, 4) is 0 Å². The molecular formula is C12H14O2. The van der Waals surface area contributed by atoms with Crippen molar-refractivity contribution in [2.24, 2.45) is 0 Å². The summed E-state index contributed by atoms with van der Waals surface area (Å²) in [5.74, 6) is 0.139. The van der Waals surface area contributed by atoms with E-state index in [9.17, 15) is 4.79 Å². The number of rotatable bonds is 2. The maximum atomic E-state index is 11.9. The van der Waals surface area contributed by atoms with Crippen LogP contribution in [0.1, 0.15) is 28.8 Å². The summed E-state index contributed by atoms with van der Waals surface area (Å²) >= 11 is 0. The summed E-state index contributed by atoms with van der Waals surface area (Å²) in [5, 5.41) is 0. The number of carbonyl (C=O) groups is 1. The summed E-state index contributed by atoms with van der Waals surface area (Å²) < 4.78 is 5.37. The number of ether oxygens (including phenoxy) is 1. The first-order valence-corrected chi connectivity index (χ1v) is 5.00. The largest absolute Gasteiger partial charge is 0.370 e. The molecule has 1 aliphatic heterocycles. The van der Waals surface area contributed by atoms with Gasteiger partial charge in [0.1, 0.15) is 6.10 Å². The number of hydrogen-bond acceptors (Lipinski definition) is 2. The van der Waals surface area contributed by atoms with Crippen LogP contribution in [0.15, 0.2) is 24.3 Å². The van der Waals surface area contributed by atoms with Crippen LogP contribution >= 0.6 is 0 Å². The average molecular weight is 190 g/mol. The lowest BCUT2D eigenvalue weighted by Gasteiger charge is -2.09. The Bertz CT molecular complexity index is 338. The van der Waals surface area contributed by atoms with Crippen LogP contribution in [0.25, 0.3) is 0 Å². The van der Waals surface area contributed by atoms with Crippen LogP contribution in [0.3, 0.4) is 0 Å². The van der Waals surface area contributed by atoms with Gasteiger partial charge in [-0.1, -0.05) is 24.3 Å². The summed E-state index contributed by atoms with van der Waals surface area (Å²) in [6, 6.07) is 7.68. The minimum absolute atomic E-state index is 0.139. The summed E-state index contributed by atoms with van der Waals surface area (Å²) in [4.78, 5) is 11.9. The Morgan fingerprint density at radius 2 is 2.21 bits per heavy atom. The van der Waals surface area contributed by atoms with E-state index in [1.165, 1.54) is 0 Å². The highest BCUT2D eigenvalue weighted by atomic mass is 16.5. The number of ketones is 1. The highest BCUT2D eigenvalue weighted by Gasteiger charge is 2.25. The minimum Gasteiger partial charge on any atom is -0.370 e.